The Morgan fingerprint density at radius 1 is 1.15 bits per heavy atom. The highest BCUT2D eigenvalue weighted by Gasteiger charge is 2.34. The maximum Gasteiger partial charge on any atom is 0.268 e. The summed E-state index contributed by atoms with van der Waals surface area (Å²) in [6.07, 6.45) is 0.780. The Balaban J connectivity index is 1.88. The lowest BCUT2D eigenvalue weighted by molar-refractivity contribution is -0.124. The minimum Gasteiger partial charge on any atom is -0.481 e. The highest BCUT2D eigenvalue weighted by atomic mass is 79.9. The van der Waals surface area contributed by atoms with E-state index in [1.165, 1.54) is 10.3 Å². The van der Waals surface area contributed by atoms with E-state index in [1.54, 1.807) is 37.3 Å². The Bertz CT molecular complexity index is 910. The lowest BCUT2D eigenvalue weighted by Crippen LogP contribution is -2.47. The summed E-state index contributed by atoms with van der Waals surface area (Å²) in [6, 6.07) is 15.7. The van der Waals surface area contributed by atoms with Crippen LogP contribution in [0, 0.1) is 0 Å². The van der Waals surface area contributed by atoms with Gasteiger partial charge in [0.1, 0.15) is 5.75 Å². The van der Waals surface area contributed by atoms with Gasteiger partial charge in [0.05, 0.1) is 11.8 Å². The zero-order valence-electron chi connectivity index (χ0n) is 14.1. The second kappa shape index (κ2) is 7.63. The van der Waals surface area contributed by atoms with Gasteiger partial charge >= 0.3 is 0 Å². The van der Waals surface area contributed by atoms with E-state index in [2.05, 4.69) is 15.9 Å². The molecule has 1 aliphatic heterocycles. The van der Waals surface area contributed by atoms with Gasteiger partial charge in [-0.2, -0.15) is 0 Å². The van der Waals surface area contributed by atoms with E-state index in [1.807, 2.05) is 30.3 Å². The van der Waals surface area contributed by atoms with E-state index in [4.69, 9.17) is 4.74 Å². The van der Waals surface area contributed by atoms with Crippen LogP contribution >= 0.6 is 15.9 Å². The summed E-state index contributed by atoms with van der Waals surface area (Å²) in [5.74, 6) is 0.147. The fourth-order valence-corrected chi connectivity index (χ4v) is 4.29. The standard InChI is InChI=1S/C19H18BrNO4S/c1-14(25-18-5-3-2-4-6-18)19(22)21(16-9-7-15(20)8-10-16)17-11-12-26(23,24)13-17/h2-12,14,17H,13H2,1H3. The summed E-state index contributed by atoms with van der Waals surface area (Å²) in [5.41, 5.74) is 0.619. The molecular weight excluding hydrogens is 418 g/mol. The number of hydrogen-bond acceptors (Lipinski definition) is 4. The molecule has 0 saturated heterocycles. The summed E-state index contributed by atoms with van der Waals surface area (Å²) in [5, 5.41) is 1.17. The van der Waals surface area contributed by atoms with Crippen molar-refractivity contribution in [2.24, 2.45) is 0 Å². The van der Waals surface area contributed by atoms with Gasteiger partial charge in [0.15, 0.2) is 15.9 Å². The molecule has 136 valence electrons. The first-order valence-corrected chi connectivity index (χ1v) is 10.6. The molecule has 0 fully saturated rings. The number of sulfone groups is 1. The number of ether oxygens (including phenoxy) is 1. The fourth-order valence-electron chi connectivity index (χ4n) is 2.75. The molecule has 1 aliphatic rings. The lowest BCUT2D eigenvalue weighted by Gasteiger charge is -2.30. The molecule has 0 aliphatic carbocycles. The predicted molar refractivity (Wildman–Crippen MR) is 105 cm³/mol. The van der Waals surface area contributed by atoms with E-state index < -0.39 is 22.0 Å². The van der Waals surface area contributed by atoms with Crippen LogP contribution in [0.1, 0.15) is 6.92 Å². The number of anilines is 1. The van der Waals surface area contributed by atoms with Gasteiger partial charge in [-0.15, -0.1) is 0 Å². The Labute approximate surface area is 161 Å². The summed E-state index contributed by atoms with van der Waals surface area (Å²) in [4.78, 5) is 14.6. The Morgan fingerprint density at radius 2 is 1.81 bits per heavy atom. The zero-order chi connectivity index (χ0) is 18.7. The van der Waals surface area contributed by atoms with Crippen LogP contribution in [0.4, 0.5) is 5.69 Å². The number of para-hydroxylation sites is 1. The van der Waals surface area contributed by atoms with E-state index in [0.717, 1.165) is 4.47 Å². The van der Waals surface area contributed by atoms with Gasteiger partial charge < -0.3 is 9.64 Å². The molecule has 0 saturated carbocycles. The van der Waals surface area contributed by atoms with Crippen LogP contribution < -0.4 is 9.64 Å². The number of rotatable bonds is 5. The summed E-state index contributed by atoms with van der Waals surface area (Å²) < 4.78 is 30.3. The van der Waals surface area contributed by atoms with Crippen molar-refractivity contribution >= 4 is 37.4 Å². The van der Waals surface area contributed by atoms with Crippen molar-refractivity contribution in [3.63, 3.8) is 0 Å². The Hall–Kier alpha value is -2.12. The van der Waals surface area contributed by atoms with Crippen molar-refractivity contribution in [1.82, 2.24) is 0 Å². The topological polar surface area (TPSA) is 63.7 Å². The van der Waals surface area contributed by atoms with Gasteiger partial charge in [-0.25, -0.2) is 8.42 Å². The smallest absolute Gasteiger partial charge is 0.268 e. The van der Waals surface area contributed by atoms with E-state index in [9.17, 15) is 13.2 Å². The number of amides is 1. The van der Waals surface area contributed by atoms with Crippen LogP contribution in [0.5, 0.6) is 5.75 Å². The molecule has 2 atom stereocenters. The maximum atomic E-state index is 13.1. The molecule has 7 heteroatoms. The molecule has 2 aromatic rings. The minimum absolute atomic E-state index is 0.132. The van der Waals surface area contributed by atoms with Gasteiger partial charge in [0, 0.05) is 15.6 Å². The second-order valence-corrected chi connectivity index (χ2v) is 8.83. The molecule has 1 amide bonds. The zero-order valence-corrected chi connectivity index (χ0v) is 16.5. The molecule has 26 heavy (non-hydrogen) atoms. The lowest BCUT2D eigenvalue weighted by atomic mass is 10.2. The van der Waals surface area contributed by atoms with Gasteiger partial charge in [0.25, 0.3) is 5.91 Å². The third kappa shape index (κ3) is 4.34. The molecular formula is C19H18BrNO4S. The minimum atomic E-state index is -3.30. The molecule has 0 N–H and O–H groups in total. The van der Waals surface area contributed by atoms with Gasteiger partial charge in [-0.1, -0.05) is 34.1 Å². The monoisotopic (exact) mass is 435 g/mol. The fraction of sp³-hybridized carbons (Fsp3) is 0.211. The molecule has 2 aromatic carbocycles. The first-order valence-electron chi connectivity index (χ1n) is 8.07. The van der Waals surface area contributed by atoms with Crippen LogP contribution in [0.15, 0.2) is 70.6 Å². The third-order valence-corrected chi connectivity index (χ3v) is 5.90. The maximum absolute atomic E-state index is 13.1. The summed E-state index contributed by atoms with van der Waals surface area (Å²) in [7, 11) is -3.30. The number of hydrogen-bond donors (Lipinski definition) is 0. The van der Waals surface area contributed by atoms with E-state index >= 15 is 0 Å². The first-order chi connectivity index (χ1) is 12.4. The number of nitrogens with zero attached hydrogens (tertiary/aromatic N) is 1. The van der Waals surface area contributed by atoms with Gasteiger partial charge in [-0.05, 0) is 49.4 Å². The molecule has 2 unspecified atom stereocenters. The summed E-state index contributed by atoms with van der Waals surface area (Å²) >= 11 is 3.37. The number of carbonyl (C=O) groups excluding carboxylic acids is 1. The van der Waals surface area contributed by atoms with Crippen LogP contribution in [-0.2, 0) is 14.6 Å². The summed E-state index contributed by atoms with van der Waals surface area (Å²) in [6.45, 7) is 1.66. The molecule has 0 spiro atoms. The van der Waals surface area contributed by atoms with Crippen molar-refractivity contribution < 1.29 is 17.9 Å². The third-order valence-electron chi connectivity index (χ3n) is 3.99. The highest BCUT2D eigenvalue weighted by molar-refractivity contribution is 9.10. The second-order valence-electron chi connectivity index (χ2n) is 5.98. The van der Waals surface area contributed by atoms with Gasteiger partial charge in [-0.3, -0.25) is 4.79 Å². The van der Waals surface area contributed by atoms with Crippen LogP contribution in [0.2, 0.25) is 0 Å². The highest BCUT2D eigenvalue weighted by Crippen LogP contribution is 2.26. The first kappa shape index (κ1) is 18.7. The average Bonchev–Trinajstić information content (AvgIpc) is 2.97. The predicted octanol–water partition coefficient (Wildman–Crippen LogP) is 3.56. The van der Waals surface area contributed by atoms with Crippen LogP contribution in [0.3, 0.4) is 0 Å². The molecule has 0 aromatic heterocycles. The van der Waals surface area contributed by atoms with Crippen LogP contribution in [-0.4, -0.2) is 32.2 Å². The molecule has 3 rings (SSSR count). The number of halogens is 1. The van der Waals surface area contributed by atoms with Crippen molar-refractivity contribution in [2.45, 2.75) is 19.1 Å². The largest absolute Gasteiger partial charge is 0.481 e. The van der Waals surface area contributed by atoms with Crippen molar-refractivity contribution in [2.75, 3.05) is 10.7 Å². The molecule has 5 nitrogen and oxygen atoms in total. The van der Waals surface area contributed by atoms with Crippen LogP contribution in [0.25, 0.3) is 0 Å². The van der Waals surface area contributed by atoms with E-state index in [-0.39, 0.29) is 11.7 Å². The Kier molecular flexibility index (Phi) is 5.48. The normalized spacial score (nSPS) is 19.1. The van der Waals surface area contributed by atoms with E-state index in [0.29, 0.717) is 11.4 Å². The molecule has 1 heterocycles. The number of carbonyl (C=O) groups is 1. The van der Waals surface area contributed by atoms with Crippen molar-refractivity contribution in [3.8, 4) is 5.75 Å². The quantitative estimate of drug-likeness (QED) is 0.719. The molecule has 0 bridgehead atoms. The van der Waals surface area contributed by atoms with Crippen molar-refractivity contribution in [3.05, 3.63) is 70.6 Å². The molecule has 0 radical (unpaired) electrons. The van der Waals surface area contributed by atoms with Gasteiger partial charge in [0.2, 0.25) is 0 Å². The Morgan fingerprint density at radius 3 is 2.38 bits per heavy atom. The number of benzene rings is 2. The SMILES string of the molecule is CC(Oc1ccccc1)C(=O)N(c1ccc(Br)cc1)C1C=CS(=O)(=O)C1. The average molecular weight is 436 g/mol. The van der Waals surface area contributed by atoms with Crippen molar-refractivity contribution in [1.29, 1.82) is 0 Å².